The zero-order chi connectivity index (χ0) is 23.9. The largest absolute Gasteiger partial charge is 0.461 e. The van der Waals surface area contributed by atoms with Crippen molar-refractivity contribution in [2.75, 3.05) is 37.7 Å². The van der Waals surface area contributed by atoms with Gasteiger partial charge in [0.05, 0.1) is 24.0 Å². The van der Waals surface area contributed by atoms with Gasteiger partial charge in [0.2, 0.25) is 11.8 Å². The van der Waals surface area contributed by atoms with Gasteiger partial charge in [0.25, 0.3) is 0 Å². The lowest BCUT2D eigenvalue weighted by Gasteiger charge is -2.60. The highest BCUT2D eigenvalue weighted by atomic mass is 16.5. The first kappa shape index (κ1) is 23.2. The van der Waals surface area contributed by atoms with Crippen LogP contribution in [0.1, 0.15) is 56.3 Å². The van der Waals surface area contributed by atoms with Gasteiger partial charge in [-0.3, -0.25) is 9.59 Å². The van der Waals surface area contributed by atoms with Crippen LogP contribution in [0.4, 0.5) is 5.69 Å². The number of benzene rings is 1. The molecule has 5 rings (SSSR count). The van der Waals surface area contributed by atoms with Crippen LogP contribution in [0.3, 0.4) is 0 Å². The third-order valence-corrected chi connectivity index (χ3v) is 8.26. The molecule has 2 amide bonds. The lowest BCUT2D eigenvalue weighted by atomic mass is 9.56. The maximum absolute atomic E-state index is 13.4. The van der Waals surface area contributed by atoms with E-state index in [9.17, 15) is 14.4 Å². The number of ether oxygens (including phenoxy) is 2. The Morgan fingerprint density at radius 1 is 1.18 bits per heavy atom. The number of allylic oxidation sites excluding steroid dienone is 1. The Morgan fingerprint density at radius 2 is 2.00 bits per heavy atom. The Morgan fingerprint density at radius 3 is 2.76 bits per heavy atom. The summed E-state index contributed by atoms with van der Waals surface area (Å²) >= 11 is 0. The van der Waals surface area contributed by atoms with Crippen molar-refractivity contribution in [2.45, 2.75) is 52.1 Å². The van der Waals surface area contributed by atoms with Crippen molar-refractivity contribution in [1.82, 2.24) is 4.90 Å². The normalized spacial score (nSPS) is 33.5. The van der Waals surface area contributed by atoms with Crippen molar-refractivity contribution in [1.29, 1.82) is 0 Å². The van der Waals surface area contributed by atoms with Crippen LogP contribution in [0, 0.1) is 16.7 Å². The van der Waals surface area contributed by atoms with Crippen LogP contribution in [-0.4, -0.2) is 61.6 Å². The van der Waals surface area contributed by atoms with Crippen molar-refractivity contribution in [3.63, 3.8) is 0 Å². The molecule has 2 bridgehead atoms. The minimum absolute atomic E-state index is 0.0391. The molecule has 0 radical (unpaired) electrons. The summed E-state index contributed by atoms with van der Waals surface area (Å²) in [6.07, 6.45) is 8.71. The number of rotatable bonds is 5. The van der Waals surface area contributed by atoms with Gasteiger partial charge < -0.3 is 14.4 Å². The molecule has 1 aromatic carbocycles. The maximum atomic E-state index is 13.4. The number of piperidine rings is 1. The van der Waals surface area contributed by atoms with E-state index in [-0.39, 0.29) is 53.3 Å². The number of hydrogen-bond acceptors (Lipinski definition) is 6. The van der Waals surface area contributed by atoms with E-state index in [0.29, 0.717) is 12.3 Å². The third-order valence-electron chi connectivity index (χ3n) is 8.26. The molecule has 0 N–H and O–H groups in total. The van der Waals surface area contributed by atoms with Gasteiger partial charge in [-0.05, 0) is 37.9 Å². The number of carbonyl (C=O) groups excluding carboxylic acids is 3. The standard InChI is InChI=1S/C27H34N2O5/c1-3-28-16-26-11-6-7-14-33-25(26)27(17-28,13-8-12-26)18-34-24(32)20-9-4-5-10-21(20)29-22(30)15-19(2)23(29)31/h4-7,9-10,19,25H,3,8,11-18H2,1-2H3/t19?,25-,26+,27+/m1/s1. The van der Waals surface area contributed by atoms with E-state index < -0.39 is 5.97 Å². The summed E-state index contributed by atoms with van der Waals surface area (Å²) in [5.41, 5.74) is 0.352. The van der Waals surface area contributed by atoms with E-state index in [1.807, 2.05) is 0 Å². The summed E-state index contributed by atoms with van der Waals surface area (Å²) in [6.45, 7) is 7.57. The molecular weight excluding hydrogens is 432 g/mol. The number of imide groups is 1. The summed E-state index contributed by atoms with van der Waals surface area (Å²) in [5, 5.41) is 0. The lowest BCUT2D eigenvalue weighted by Crippen LogP contribution is -2.66. The molecular formula is C27H34N2O5. The van der Waals surface area contributed by atoms with Crippen LogP contribution < -0.4 is 4.90 Å². The summed E-state index contributed by atoms with van der Waals surface area (Å²) in [7, 11) is 0. The zero-order valence-corrected chi connectivity index (χ0v) is 20.1. The lowest BCUT2D eigenvalue weighted by molar-refractivity contribution is -0.197. The number of esters is 1. The minimum Gasteiger partial charge on any atom is -0.461 e. The quantitative estimate of drug-likeness (QED) is 0.375. The fourth-order valence-electron chi connectivity index (χ4n) is 6.72. The van der Waals surface area contributed by atoms with E-state index in [0.717, 1.165) is 50.2 Å². The number of carbonyl (C=O) groups is 3. The van der Waals surface area contributed by atoms with Crippen LogP contribution in [0.25, 0.3) is 0 Å². The number of likely N-dealkylation sites (tertiary alicyclic amines) is 1. The van der Waals surface area contributed by atoms with Gasteiger partial charge in [0.1, 0.15) is 6.61 Å². The molecule has 7 heteroatoms. The molecule has 7 nitrogen and oxygen atoms in total. The predicted octanol–water partition coefficient (Wildman–Crippen LogP) is 3.58. The van der Waals surface area contributed by atoms with Gasteiger partial charge in [-0.25, -0.2) is 9.69 Å². The summed E-state index contributed by atoms with van der Waals surface area (Å²) in [6, 6.07) is 6.75. The molecule has 1 saturated carbocycles. The Balaban J connectivity index is 1.40. The Kier molecular flexibility index (Phi) is 6.10. The van der Waals surface area contributed by atoms with Crippen molar-refractivity contribution in [3.05, 3.63) is 42.0 Å². The smallest absolute Gasteiger partial charge is 0.340 e. The third kappa shape index (κ3) is 3.79. The molecule has 182 valence electrons. The highest BCUT2D eigenvalue weighted by Gasteiger charge is 2.59. The van der Waals surface area contributed by atoms with Crippen molar-refractivity contribution < 1.29 is 23.9 Å². The molecule has 0 spiro atoms. The van der Waals surface area contributed by atoms with Gasteiger partial charge in [0, 0.05) is 36.3 Å². The van der Waals surface area contributed by atoms with Gasteiger partial charge in [0.15, 0.2) is 0 Å². The van der Waals surface area contributed by atoms with Gasteiger partial charge in [-0.2, -0.15) is 0 Å². The number of anilines is 1. The topological polar surface area (TPSA) is 76.2 Å². The van der Waals surface area contributed by atoms with Crippen LogP contribution in [0.5, 0.6) is 0 Å². The Labute approximate surface area is 201 Å². The Hall–Kier alpha value is -2.51. The van der Waals surface area contributed by atoms with E-state index in [1.165, 1.54) is 0 Å². The highest BCUT2D eigenvalue weighted by Crippen LogP contribution is 2.55. The monoisotopic (exact) mass is 466 g/mol. The van der Waals surface area contributed by atoms with Crippen LogP contribution in [0.2, 0.25) is 0 Å². The second-order valence-corrected chi connectivity index (χ2v) is 10.5. The van der Waals surface area contributed by atoms with Crippen LogP contribution in [0.15, 0.2) is 36.4 Å². The maximum Gasteiger partial charge on any atom is 0.340 e. The molecule has 0 aromatic heterocycles. The molecule has 1 unspecified atom stereocenters. The van der Waals surface area contributed by atoms with E-state index in [4.69, 9.17) is 9.47 Å². The number of para-hydroxylation sites is 1. The molecule has 3 aliphatic heterocycles. The first-order valence-corrected chi connectivity index (χ1v) is 12.5. The average molecular weight is 467 g/mol. The number of amides is 2. The van der Waals surface area contributed by atoms with Crippen molar-refractivity contribution in [3.8, 4) is 0 Å². The summed E-state index contributed by atoms with van der Waals surface area (Å²) < 4.78 is 12.4. The van der Waals surface area contributed by atoms with E-state index in [2.05, 4.69) is 24.0 Å². The molecule has 4 atom stereocenters. The molecule has 4 aliphatic rings. The van der Waals surface area contributed by atoms with Gasteiger partial charge >= 0.3 is 5.97 Å². The molecule has 2 saturated heterocycles. The molecule has 34 heavy (non-hydrogen) atoms. The van der Waals surface area contributed by atoms with Crippen molar-refractivity contribution >= 4 is 23.5 Å². The Bertz CT molecular complexity index is 1020. The van der Waals surface area contributed by atoms with Crippen LogP contribution in [-0.2, 0) is 19.1 Å². The highest BCUT2D eigenvalue weighted by molar-refractivity contribution is 6.22. The number of hydrogen-bond donors (Lipinski definition) is 0. The average Bonchev–Trinajstić information content (AvgIpc) is 2.97. The van der Waals surface area contributed by atoms with Crippen LogP contribution >= 0.6 is 0 Å². The predicted molar refractivity (Wildman–Crippen MR) is 127 cm³/mol. The fourth-order valence-corrected chi connectivity index (χ4v) is 6.72. The SMILES string of the molecule is CCN1C[C@@]23CC=CCO[C@H]2[C@@](COC(=O)c2ccccc2N2C(=O)CC(C)C2=O)(CCC3)C1. The number of nitrogens with zero attached hydrogens (tertiary/aromatic N) is 2. The first-order chi connectivity index (χ1) is 16.4. The zero-order valence-electron chi connectivity index (χ0n) is 20.1. The van der Waals surface area contributed by atoms with Crippen molar-refractivity contribution in [2.24, 2.45) is 16.7 Å². The van der Waals surface area contributed by atoms with Gasteiger partial charge in [-0.1, -0.05) is 44.6 Å². The van der Waals surface area contributed by atoms with Gasteiger partial charge in [-0.15, -0.1) is 0 Å². The van der Waals surface area contributed by atoms with E-state index >= 15 is 0 Å². The van der Waals surface area contributed by atoms with E-state index in [1.54, 1.807) is 31.2 Å². The fraction of sp³-hybridized carbons (Fsp3) is 0.593. The summed E-state index contributed by atoms with van der Waals surface area (Å²) in [4.78, 5) is 42.1. The first-order valence-electron chi connectivity index (χ1n) is 12.5. The molecule has 3 fully saturated rings. The minimum atomic E-state index is -0.498. The molecule has 1 aliphatic carbocycles. The second-order valence-electron chi connectivity index (χ2n) is 10.5. The second kappa shape index (κ2) is 8.93. The summed E-state index contributed by atoms with van der Waals surface area (Å²) in [5.74, 6) is -1.43. The molecule has 1 aromatic rings. The molecule has 3 heterocycles.